The molecule has 0 aliphatic carbocycles. The molecule has 0 aliphatic rings. The van der Waals surface area contributed by atoms with E-state index in [1.807, 2.05) is 18.2 Å². The van der Waals surface area contributed by atoms with Crippen molar-refractivity contribution in [2.75, 3.05) is 12.4 Å². The highest BCUT2D eigenvalue weighted by atomic mass is 127. The molecule has 34 heavy (non-hydrogen) atoms. The third-order valence-corrected chi connectivity index (χ3v) is 6.16. The summed E-state index contributed by atoms with van der Waals surface area (Å²) in [4.78, 5) is 12.6. The van der Waals surface area contributed by atoms with Crippen molar-refractivity contribution in [1.29, 1.82) is 10.5 Å². The van der Waals surface area contributed by atoms with E-state index in [4.69, 9.17) is 32.7 Å². The summed E-state index contributed by atoms with van der Waals surface area (Å²) >= 11 is 14.0. The number of amides is 1. The molecule has 0 spiro atoms. The molecule has 1 N–H and O–H groups in total. The summed E-state index contributed by atoms with van der Waals surface area (Å²) in [5, 5.41) is 22.1. The van der Waals surface area contributed by atoms with E-state index in [9.17, 15) is 15.3 Å². The van der Waals surface area contributed by atoms with Gasteiger partial charge in [-0.05, 0) is 70.6 Å². The van der Waals surface area contributed by atoms with Crippen LogP contribution in [0.3, 0.4) is 0 Å². The minimum atomic E-state index is -0.594. The average molecular weight is 604 g/mol. The summed E-state index contributed by atoms with van der Waals surface area (Å²) in [6, 6.07) is 19.3. The van der Waals surface area contributed by atoms with Crippen LogP contribution in [0.15, 0.2) is 60.2 Å². The molecule has 0 aromatic heterocycles. The molecule has 0 unspecified atom stereocenters. The van der Waals surface area contributed by atoms with Crippen LogP contribution in [-0.2, 0) is 11.4 Å². The van der Waals surface area contributed by atoms with Gasteiger partial charge >= 0.3 is 0 Å². The van der Waals surface area contributed by atoms with Gasteiger partial charge in [0.05, 0.1) is 32.4 Å². The van der Waals surface area contributed by atoms with E-state index in [1.165, 1.54) is 19.3 Å². The molecule has 0 heterocycles. The van der Waals surface area contributed by atoms with E-state index in [0.717, 1.165) is 5.56 Å². The maximum atomic E-state index is 12.6. The van der Waals surface area contributed by atoms with Crippen molar-refractivity contribution >= 4 is 63.5 Å². The minimum absolute atomic E-state index is 0.111. The number of hydrogen-bond donors (Lipinski definition) is 1. The Bertz CT molecular complexity index is 1360. The lowest BCUT2D eigenvalue weighted by Gasteiger charge is -2.14. The normalized spacial score (nSPS) is 10.7. The Hall–Kier alpha value is -3.24. The molecule has 9 heteroatoms. The van der Waals surface area contributed by atoms with Crippen LogP contribution in [0, 0.1) is 26.2 Å². The zero-order valence-electron chi connectivity index (χ0n) is 17.7. The molecule has 1 amide bonds. The summed E-state index contributed by atoms with van der Waals surface area (Å²) in [5.41, 5.74) is 2.15. The van der Waals surface area contributed by atoms with E-state index in [2.05, 4.69) is 34.0 Å². The number of benzene rings is 3. The third-order valence-electron chi connectivity index (χ3n) is 4.62. The second kappa shape index (κ2) is 11.8. The van der Waals surface area contributed by atoms with E-state index in [0.29, 0.717) is 36.9 Å². The number of anilines is 1. The topological polar surface area (TPSA) is 95.1 Å². The third kappa shape index (κ3) is 6.21. The van der Waals surface area contributed by atoms with Crippen LogP contribution in [0.1, 0.15) is 16.7 Å². The molecule has 3 aromatic carbocycles. The lowest BCUT2D eigenvalue weighted by Crippen LogP contribution is -2.13. The number of ether oxygens (including phenoxy) is 2. The van der Waals surface area contributed by atoms with Crippen LogP contribution in [0.5, 0.6) is 11.5 Å². The van der Waals surface area contributed by atoms with Crippen molar-refractivity contribution in [3.05, 3.63) is 90.5 Å². The Morgan fingerprint density at radius 2 is 1.88 bits per heavy atom. The molecule has 0 aliphatic heterocycles. The van der Waals surface area contributed by atoms with E-state index in [-0.39, 0.29) is 17.2 Å². The van der Waals surface area contributed by atoms with Crippen LogP contribution >= 0.6 is 45.8 Å². The maximum absolute atomic E-state index is 12.6. The molecule has 0 atom stereocenters. The summed E-state index contributed by atoms with van der Waals surface area (Å²) < 4.78 is 12.1. The lowest BCUT2D eigenvalue weighted by atomic mass is 10.1. The number of carbonyl (C=O) groups excluding carboxylic acids is 1. The summed E-state index contributed by atoms with van der Waals surface area (Å²) in [7, 11) is 1.50. The quantitative estimate of drug-likeness (QED) is 0.186. The molecule has 0 saturated heterocycles. The Balaban J connectivity index is 1.84. The Morgan fingerprint density at radius 1 is 1.12 bits per heavy atom. The number of nitrogens with one attached hydrogen (secondary N) is 1. The van der Waals surface area contributed by atoms with Crippen LogP contribution in [0.4, 0.5) is 5.69 Å². The minimum Gasteiger partial charge on any atom is -0.493 e. The first-order chi connectivity index (χ1) is 16.4. The first-order valence-electron chi connectivity index (χ1n) is 9.72. The molecular formula is C25H16Cl2IN3O3. The van der Waals surface area contributed by atoms with Crippen molar-refractivity contribution in [3.8, 4) is 23.6 Å². The molecule has 170 valence electrons. The zero-order chi connectivity index (χ0) is 24.7. The fourth-order valence-corrected chi connectivity index (χ4v) is 4.04. The van der Waals surface area contributed by atoms with Crippen molar-refractivity contribution in [3.63, 3.8) is 0 Å². The number of nitrogens with zero attached hydrogens (tertiary/aromatic N) is 2. The van der Waals surface area contributed by atoms with Crippen LogP contribution in [0.2, 0.25) is 10.0 Å². The van der Waals surface area contributed by atoms with Gasteiger partial charge in [-0.3, -0.25) is 4.79 Å². The monoisotopic (exact) mass is 603 g/mol. The second-order valence-corrected chi connectivity index (χ2v) is 8.82. The Morgan fingerprint density at radius 3 is 2.56 bits per heavy atom. The van der Waals surface area contributed by atoms with E-state index in [1.54, 1.807) is 36.4 Å². The number of halogens is 3. The molecule has 0 bridgehead atoms. The highest BCUT2D eigenvalue weighted by molar-refractivity contribution is 14.1. The van der Waals surface area contributed by atoms with Gasteiger partial charge in [-0.15, -0.1) is 0 Å². The van der Waals surface area contributed by atoms with Gasteiger partial charge in [0.15, 0.2) is 11.5 Å². The highest BCUT2D eigenvalue weighted by Crippen LogP contribution is 2.35. The van der Waals surface area contributed by atoms with Gasteiger partial charge in [0, 0.05) is 11.3 Å². The maximum Gasteiger partial charge on any atom is 0.266 e. The Labute approximate surface area is 220 Å². The summed E-state index contributed by atoms with van der Waals surface area (Å²) in [6.45, 7) is 0.181. The first-order valence-corrected chi connectivity index (χ1v) is 11.6. The van der Waals surface area contributed by atoms with Gasteiger partial charge in [-0.25, -0.2) is 0 Å². The molecule has 3 aromatic rings. The number of carbonyl (C=O) groups is 1. The number of hydrogen-bond acceptors (Lipinski definition) is 5. The first kappa shape index (κ1) is 25.4. The lowest BCUT2D eigenvalue weighted by molar-refractivity contribution is -0.112. The number of nitriles is 2. The number of rotatable bonds is 7. The number of methoxy groups -OCH3 is 1. The SMILES string of the molecule is COc1cc(/C=C(\C#N)C(=O)Nc2ccc(Cl)c(Cl)c2)cc(I)c1OCc1ccccc1C#N. The molecule has 3 rings (SSSR count). The van der Waals surface area contributed by atoms with Gasteiger partial charge in [0.25, 0.3) is 5.91 Å². The molecule has 6 nitrogen and oxygen atoms in total. The fraction of sp³-hybridized carbons (Fsp3) is 0.0800. The van der Waals surface area contributed by atoms with Gasteiger partial charge in [0.2, 0.25) is 0 Å². The molecule has 0 radical (unpaired) electrons. The smallest absolute Gasteiger partial charge is 0.266 e. The highest BCUT2D eigenvalue weighted by Gasteiger charge is 2.15. The molecule has 0 fully saturated rings. The predicted molar refractivity (Wildman–Crippen MR) is 140 cm³/mol. The van der Waals surface area contributed by atoms with Gasteiger partial charge in [-0.2, -0.15) is 10.5 Å². The molecular weight excluding hydrogens is 588 g/mol. The van der Waals surface area contributed by atoms with Gasteiger partial charge in [0.1, 0.15) is 18.2 Å². The molecule has 0 saturated carbocycles. The van der Waals surface area contributed by atoms with Crippen LogP contribution in [0.25, 0.3) is 6.08 Å². The van der Waals surface area contributed by atoms with Gasteiger partial charge < -0.3 is 14.8 Å². The van der Waals surface area contributed by atoms with Crippen molar-refractivity contribution in [2.24, 2.45) is 0 Å². The van der Waals surface area contributed by atoms with Gasteiger partial charge in [-0.1, -0.05) is 41.4 Å². The van der Waals surface area contributed by atoms with E-state index < -0.39 is 5.91 Å². The van der Waals surface area contributed by atoms with Crippen molar-refractivity contribution < 1.29 is 14.3 Å². The average Bonchev–Trinajstić information content (AvgIpc) is 2.83. The standard InChI is InChI=1S/C25H16Cl2IN3O3/c1-33-23-10-15(8-18(13-30)25(32)31-19-6-7-20(26)21(27)11-19)9-22(28)24(23)34-14-17-5-3-2-4-16(17)12-29/h2-11H,14H2,1H3,(H,31,32)/b18-8+. The van der Waals surface area contributed by atoms with Crippen molar-refractivity contribution in [1.82, 2.24) is 0 Å². The predicted octanol–water partition coefficient (Wildman–Crippen LogP) is 6.60. The van der Waals surface area contributed by atoms with Crippen LogP contribution < -0.4 is 14.8 Å². The zero-order valence-corrected chi connectivity index (χ0v) is 21.4. The summed E-state index contributed by atoms with van der Waals surface area (Å²) in [6.07, 6.45) is 1.45. The largest absolute Gasteiger partial charge is 0.493 e. The Kier molecular flexibility index (Phi) is 8.78. The summed E-state index contributed by atoms with van der Waals surface area (Å²) in [5.74, 6) is 0.324. The fourth-order valence-electron chi connectivity index (χ4n) is 2.96. The van der Waals surface area contributed by atoms with Crippen LogP contribution in [-0.4, -0.2) is 13.0 Å². The van der Waals surface area contributed by atoms with E-state index >= 15 is 0 Å². The van der Waals surface area contributed by atoms with Crippen molar-refractivity contribution in [2.45, 2.75) is 6.61 Å². The second-order valence-electron chi connectivity index (χ2n) is 6.84.